The first kappa shape index (κ1) is 41.8. The predicted octanol–water partition coefficient (Wildman–Crippen LogP) is 5.37. The molecule has 0 radical (unpaired) electrons. The van der Waals surface area contributed by atoms with Gasteiger partial charge in [0.15, 0.2) is 21.3 Å². The number of amides is 4. The monoisotopic (exact) mass is 876 g/mol. The number of fused-ring (bicyclic) bond motifs is 1. The lowest BCUT2D eigenvalue weighted by Crippen LogP contribution is -2.71. The van der Waals surface area contributed by atoms with Gasteiger partial charge in [-0.05, 0) is 50.3 Å². The average molecular weight is 877 g/mol. The number of oxime groups is 1. The van der Waals surface area contributed by atoms with E-state index in [1.165, 1.54) is 45.1 Å². The largest absolute Gasteiger partial charge is 0.448 e. The molecule has 2 fully saturated rings. The first-order valence-corrected chi connectivity index (χ1v) is 22.3. The zero-order valence-corrected chi connectivity index (χ0v) is 35.3. The van der Waals surface area contributed by atoms with Gasteiger partial charge in [0, 0.05) is 22.8 Å². The molecule has 4 aromatic rings. The first-order chi connectivity index (χ1) is 28.5. The van der Waals surface area contributed by atoms with Gasteiger partial charge in [0.1, 0.15) is 40.0 Å². The van der Waals surface area contributed by atoms with Crippen LogP contribution >= 0.6 is 46.2 Å². The molecule has 20 heteroatoms. The molecule has 4 amide bonds. The minimum absolute atomic E-state index is 0.0715. The molecule has 1 aliphatic carbocycles. The zero-order valence-electron chi connectivity index (χ0n) is 32.1. The molecular weight excluding hydrogens is 837 g/mol. The van der Waals surface area contributed by atoms with Crippen LogP contribution in [0.25, 0.3) is 0 Å². The standard InChI is InChI=1S/C39H40N8O8S4/c1-39(2,3)54-37(52)40-16-27(22-14-15-22)55-46-28(26-19-57-36(43-26)41-20-48)32(49)44-29-33(50)47-30(25(17-56-34(29)47)18-58-38-45-42-21-59-38)35(51)53-31(23-10-6-4-7-11-23)24-12-8-5-9-13-24/h4-13,19-22,27,29,31,34H,14-18H2,1-3H3,(H,40,52)(H,44,49)(H,41,43,48)/t27?,29?,34-/m1/s1. The van der Waals surface area contributed by atoms with E-state index >= 15 is 0 Å². The number of benzene rings is 2. The van der Waals surface area contributed by atoms with Crippen LogP contribution in [0, 0.1) is 5.92 Å². The Bertz CT molecular complexity index is 2170. The number of ether oxygens (including phenoxy) is 2. The summed E-state index contributed by atoms with van der Waals surface area (Å²) in [5.74, 6) is -1.17. The van der Waals surface area contributed by atoms with E-state index in [4.69, 9.17) is 14.3 Å². The molecule has 3 aliphatic rings. The van der Waals surface area contributed by atoms with Crippen LogP contribution in [0.4, 0.5) is 9.93 Å². The van der Waals surface area contributed by atoms with Crippen LogP contribution in [0.15, 0.2) is 92.3 Å². The first-order valence-electron chi connectivity index (χ1n) is 18.5. The van der Waals surface area contributed by atoms with Crippen LogP contribution in [0.3, 0.4) is 0 Å². The molecule has 7 rings (SSSR count). The van der Waals surface area contributed by atoms with Gasteiger partial charge in [-0.1, -0.05) is 88.9 Å². The van der Waals surface area contributed by atoms with Crippen LogP contribution in [0.1, 0.15) is 56.5 Å². The molecule has 59 heavy (non-hydrogen) atoms. The summed E-state index contributed by atoms with van der Waals surface area (Å²) < 4.78 is 12.3. The fourth-order valence-corrected chi connectivity index (χ4v) is 9.82. The SMILES string of the molecule is CC(C)(C)OC(=O)NCC(ON=C(C(=O)NC1C(=O)N2C(C(=O)OC(c3ccccc3)c3ccccc3)=C(CSc3nncs3)CS[C@H]12)c1csc(NC=O)n1)C1CC1. The highest BCUT2D eigenvalue weighted by Crippen LogP contribution is 2.43. The fraction of sp³-hybridized carbons (Fsp3) is 0.359. The summed E-state index contributed by atoms with van der Waals surface area (Å²) in [7, 11) is 0. The summed E-state index contributed by atoms with van der Waals surface area (Å²) in [5.41, 5.74) is 3.08. The summed E-state index contributed by atoms with van der Waals surface area (Å²) >= 11 is 5.24. The van der Waals surface area contributed by atoms with Crippen molar-refractivity contribution in [2.45, 2.75) is 67.2 Å². The highest BCUT2D eigenvalue weighted by atomic mass is 32.2. The number of thioether (sulfide) groups is 2. The van der Waals surface area contributed by atoms with Gasteiger partial charge in [0.05, 0.1) is 6.54 Å². The van der Waals surface area contributed by atoms with E-state index in [2.05, 4.69) is 36.3 Å². The Morgan fingerprint density at radius 2 is 1.76 bits per heavy atom. The zero-order chi connectivity index (χ0) is 41.5. The third-order valence-electron chi connectivity index (χ3n) is 9.08. The van der Waals surface area contributed by atoms with Gasteiger partial charge in [-0.3, -0.25) is 19.3 Å². The van der Waals surface area contributed by atoms with E-state index in [1.807, 2.05) is 60.7 Å². The number of nitrogens with one attached hydrogen (secondary N) is 3. The van der Waals surface area contributed by atoms with Crippen molar-refractivity contribution >= 4 is 87.3 Å². The number of esters is 1. The number of carbonyl (C=O) groups excluding carboxylic acids is 5. The minimum Gasteiger partial charge on any atom is -0.448 e. The van der Waals surface area contributed by atoms with E-state index in [9.17, 15) is 24.0 Å². The van der Waals surface area contributed by atoms with E-state index in [-0.39, 0.29) is 34.7 Å². The lowest BCUT2D eigenvalue weighted by molar-refractivity contribution is -0.154. The highest BCUT2D eigenvalue weighted by molar-refractivity contribution is 8.01. The fourth-order valence-electron chi connectivity index (χ4n) is 6.19. The molecule has 2 aliphatic heterocycles. The van der Waals surface area contributed by atoms with Crippen molar-refractivity contribution in [3.63, 3.8) is 0 Å². The molecular formula is C39H40N8O8S4. The second kappa shape index (κ2) is 18.7. The van der Waals surface area contributed by atoms with Gasteiger partial charge in [-0.25, -0.2) is 14.6 Å². The number of rotatable bonds is 17. The van der Waals surface area contributed by atoms with E-state index in [0.717, 1.165) is 35.3 Å². The Labute approximate surface area is 355 Å². The minimum atomic E-state index is -1.05. The number of anilines is 1. The topological polar surface area (TPSA) is 203 Å². The molecule has 308 valence electrons. The molecule has 4 heterocycles. The summed E-state index contributed by atoms with van der Waals surface area (Å²) in [6, 6.07) is 17.7. The maximum atomic E-state index is 14.4. The highest BCUT2D eigenvalue weighted by Gasteiger charge is 2.55. The van der Waals surface area contributed by atoms with Crippen LogP contribution in [0.2, 0.25) is 0 Å². The number of nitrogens with zero attached hydrogens (tertiary/aromatic N) is 5. The summed E-state index contributed by atoms with van der Waals surface area (Å²) in [6.45, 7) is 5.34. The Kier molecular flexibility index (Phi) is 13.3. The molecule has 2 aromatic carbocycles. The predicted molar refractivity (Wildman–Crippen MR) is 224 cm³/mol. The lowest BCUT2D eigenvalue weighted by atomic mass is 10.0. The maximum absolute atomic E-state index is 14.4. The Morgan fingerprint density at radius 3 is 2.39 bits per heavy atom. The van der Waals surface area contributed by atoms with Crippen molar-refractivity contribution in [1.82, 2.24) is 30.7 Å². The number of aromatic nitrogens is 3. The van der Waals surface area contributed by atoms with Gasteiger partial charge in [-0.15, -0.1) is 33.3 Å². The molecule has 0 bridgehead atoms. The Hall–Kier alpha value is -5.31. The van der Waals surface area contributed by atoms with Gasteiger partial charge in [0.25, 0.3) is 11.8 Å². The second-order valence-electron chi connectivity index (χ2n) is 14.5. The number of carbonyl (C=O) groups is 5. The molecule has 1 saturated carbocycles. The normalized spacial score (nSPS) is 18.3. The van der Waals surface area contributed by atoms with Gasteiger partial charge >= 0.3 is 12.1 Å². The van der Waals surface area contributed by atoms with Crippen molar-refractivity contribution in [3.8, 4) is 0 Å². The van der Waals surface area contributed by atoms with Gasteiger partial charge in [0.2, 0.25) is 6.41 Å². The third kappa shape index (κ3) is 10.5. The van der Waals surface area contributed by atoms with Crippen LogP contribution in [-0.4, -0.2) is 97.3 Å². The summed E-state index contributed by atoms with van der Waals surface area (Å²) in [6.07, 6.45) is 0.169. The van der Waals surface area contributed by atoms with Crippen LogP contribution in [-0.2, 0) is 33.5 Å². The molecule has 1 saturated heterocycles. The molecule has 0 spiro atoms. The van der Waals surface area contributed by atoms with Crippen molar-refractivity contribution in [3.05, 3.63) is 99.6 Å². The number of hydrogen-bond donors (Lipinski definition) is 3. The van der Waals surface area contributed by atoms with E-state index in [0.29, 0.717) is 27.8 Å². The van der Waals surface area contributed by atoms with Crippen LogP contribution < -0.4 is 16.0 Å². The van der Waals surface area contributed by atoms with Crippen molar-refractivity contribution in [2.75, 3.05) is 23.4 Å². The number of β-lactam (4-membered cyclic amide) rings is 1. The molecule has 3 N–H and O–H groups in total. The van der Waals surface area contributed by atoms with Gasteiger partial charge < -0.3 is 30.3 Å². The number of alkyl carbamates (subject to hydrolysis) is 1. The van der Waals surface area contributed by atoms with Crippen molar-refractivity contribution in [2.24, 2.45) is 11.1 Å². The third-order valence-corrected chi connectivity index (χ3v) is 13.1. The molecule has 2 aromatic heterocycles. The smallest absolute Gasteiger partial charge is 0.407 e. The van der Waals surface area contributed by atoms with Crippen LogP contribution in [0.5, 0.6) is 0 Å². The molecule has 3 atom stereocenters. The number of thiazole rings is 1. The van der Waals surface area contributed by atoms with E-state index in [1.54, 1.807) is 26.3 Å². The maximum Gasteiger partial charge on any atom is 0.407 e. The molecule has 16 nitrogen and oxygen atoms in total. The van der Waals surface area contributed by atoms with Crippen molar-refractivity contribution in [1.29, 1.82) is 0 Å². The molecule has 2 unspecified atom stereocenters. The van der Waals surface area contributed by atoms with Gasteiger partial charge in [-0.2, -0.15) is 0 Å². The average Bonchev–Trinajstić information content (AvgIpc) is 3.73. The second-order valence-corrected chi connectivity index (χ2v) is 18.5. The summed E-state index contributed by atoms with van der Waals surface area (Å²) in [4.78, 5) is 77.8. The number of hydrogen-bond acceptors (Lipinski definition) is 16. The Balaban J connectivity index is 1.12. The summed E-state index contributed by atoms with van der Waals surface area (Å²) in [5, 5.41) is 21.3. The van der Waals surface area contributed by atoms with Crippen molar-refractivity contribution < 1.29 is 38.3 Å². The Morgan fingerprint density at radius 1 is 1.05 bits per heavy atom. The lowest BCUT2D eigenvalue weighted by Gasteiger charge is -2.49. The van der Waals surface area contributed by atoms with E-state index < -0.39 is 53.1 Å². The quantitative estimate of drug-likeness (QED) is 0.0306.